The molecule has 0 spiro atoms. The molecule has 0 amide bonds. The highest BCUT2D eigenvalue weighted by molar-refractivity contribution is 5.28. The van der Waals surface area contributed by atoms with Crippen LogP contribution in [0, 0.1) is 0 Å². The van der Waals surface area contributed by atoms with Gasteiger partial charge in [0.2, 0.25) is 0 Å². The summed E-state index contributed by atoms with van der Waals surface area (Å²) in [6, 6.07) is 7.98. The van der Waals surface area contributed by atoms with E-state index in [1.807, 2.05) is 24.3 Å². The summed E-state index contributed by atoms with van der Waals surface area (Å²) in [6.45, 7) is 5.05. The second kappa shape index (κ2) is 8.04. The third-order valence-corrected chi connectivity index (χ3v) is 3.53. The Morgan fingerprint density at radius 2 is 2.25 bits per heavy atom. The van der Waals surface area contributed by atoms with Gasteiger partial charge in [-0.15, -0.1) is 0 Å². The van der Waals surface area contributed by atoms with Gasteiger partial charge in [-0.2, -0.15) is 0 Å². The molecule has 1 heterocycles. The first-order valence-electron chi connectivity index (χ1n) is 7.13. The minimum Gasteiger partial charge on any atom is -0.492 e. The molecule has 0 saturated carbocycles. The molecule has 1 aliphatic rings. The summed E-state index contributed by atoms with van der Waals surface area (Å²) in [5, 5.41) is 0. The van der Waals surface area contributed by atoms with E-state index in [1.165, 1.54) is 5.57 Å². The molecule has 110 valence electrons. The summed E-state index contributed by atoms with van der Waals surface area (Å²) in [5.41, 5.74) is 8.13. The van der Waals surface area contributed by atoms with Crippen LogP contribution in [-0.4, -0.2) is 44.9 Å². The van der Waals surface area contributed by atoms with Gasteiger partial charge in [0.25, 0.3) is 0 Å². The van der Waals surface area contributed by atoms with Gasteiger partial charge < -0.3 is 15.2 Å². The standard InChI is InChI=1S/C16H24N2O2/c1-19-13-14-5-7-18(8-6-14)9-10-20-16-4-2-3-15(11-16)12-17/h2-5,11H,6-10,12-13,17H2,1H3. The van der Waals surface area contributed by atoms with Gasteiger partial charge in [0, 0.05) is 33.3 Å². The molecule has 1 aromatic carbocycles. The fourth-order valence-electron chi connectivity index (χ4n) is 2.33. The van der Waals surface area contributed by atoms with Crippen molar-refractivity contribution in [3.05, 3.63) is 41.5 Å². The van der Waals surface area contributed by atoms with Crippen molar-refractivity contribution in [1.82, 2.24) is 4.90 Å². The van der Waals surface area contributed by atoms with Gasteiger partial charge in [-0.25, -0.2) is 0 Å². The maximum atomic E-state index is 5.78. The molecule has 0 unspecified atom stereocenters. The molecule has 20 heavy (non-hydrogen) atoms. The Morgan fingerprint density at radius 1 is 1.35 bits per heavy atom. The Bertz CT molecular complexity index is 446. The lowest BCUT2D eigenvalue weighted by molar-refractivity contribution is 0.197. The zero-order valence-electron chi connectivity index (χ0n) is 12.2. The van der Waals surface area contributed by atoms with Crippen molar-refractivity contribution in [2.75, 3.05) is 40.0 Å². The molecule has 0 fully saturated rings. The third kappa shape index (κ3) is 4.63. The summed E-state index contributed by atoms with van der Waals surface area (Å²) in [5.74, 6) is 0.903. The van der Waals surface area contributed by atoms with E-state index < -0.39 is 0 Å². The van der Waals surface area contributed by atoms with Gasteiger partial charge in [0.05, 0.1) is 6.61 Å². The lowest BCUT2D eigenvalue weighted by Gasteiger charge is -2.26. The summed E-state index contributed by atoms with van der Waals surface area (Å²) >= 11 is 0. The van der Waals surface area contributed by atoms with Crippen LogP contribution in [0.25, 0.3) is 0 Å². The smallest absolute Gasteiger partial charge is 0.119 e. The van der Waals surface area contributed by atoms with E-state index in [1.54, 1.807) is 7.11 Å². The van der Waals surface area contributed by atoms with Gasteiger partial charge in [0.15, 0.2) is 0 Å². The van der Waals surface area contributed by atoms with Crippen molar-refractivity contribution in [3.63, 3.8) is 0 Å². The van der Waals surface area contributed by atoms with Crippen molar-refractivity contribution >= 4 is 0 Å². The number of hydrogen-bond acceptors (Lipinski definition) is 4. The summed E-state index contributed by atoms with van der Waals surface area (Å²) in [4.78, 5) is 2.39. The van der Waals surface area contributed by atoms with E-state index in [-0.39, 0.29) is 0 Å². The largest absolute Gasteiger partial charge is 0.492 e. The van der Waals surface area contributed by atoms with Gasteiger partial charge >= 0.3 is 0 Å². The molecule has 2 rings (SSSR count). The Morgan fingerprint density at radius 3 is 2.95 bits per heavy atom. The first kappa shape index (κ1) is 15.0. The molecule has 1 aliphatic heterocycles. The lowest BCUT2D eigenvalue weighted by Crippen LogP contribution is -2.33. The van der Waals surface area contributed by atoms with E-state index in [9.17, 15) is 0 Å². The zero-order valence-corrected chi connectivity index (χ0v) is 12.2. The van der Waals surface area contributed by atoms with E-state index >= 15 is 0 Å². The molecule has 0 bridgehead atoms. The van der Waals surface area contributed by atoms with E-state index in [2.05, 4.69) is 11.0 Å². The molecule has 0 saturated heterocycles. The Balaban J connectivity index is 1.71. The van der Waals surface area contributed by atoms with Gasteiger partial charge in [0.1, 0.15) is 12.4 Å². The van der Waals surface area contributed by atoms with Crippen LogP contribution in [0.3, 0.4) is 0 Å². The first-order valence-corrected chi connectivity index (χ1v) is 7.13. The van der Waals surface area contributed by atoms with Crippen LogP contribution in [0.4, 0.5) is 0 Å². The van der Waals surface area contributed by atoms with E-state index in [0.717, 1.165) is 44.0 Å². The van der Waals surface area contributed by atoms with Gasteiger partial charge in [-0.1, -0.05) is 18.2 Å². The van der Waals surface area contributed by atoms with Crippen molar-refractivity contribution in [2.45, 2.75) is 13.0 Å². The fourth-order valence-corrected chi connectivity index (χ4v) is 2.33. The topological polar surface area (TPSA) is 47.7 Å². The van der Waals surface area contributed by atoms with Crippen LogP contribution < -0.4 is 10.5 Å². The number of hydrogen-bond donors (Lipinski definition) is 1. The second-order valence-corrected chi connectivity index (χ2v) is 5.05. The van der Waals surface area contributed by atoms with Crippen LogP contribution in [0.5, 0.6) is 5.75 Å². The Labute approximate surface area is 121 Å². The molecule has 4 nitrogen and oxygen atoms in total. The number of rotatable bonds is 7. The maximum Gasteiger partial charge on any atom is 0.119 e. The number of nitrogens with zero attached hydrogens (tertiary/aromatic N) is 1. The molecule has 0 atom stereocenters. The molecule has 0 radical (unpaired) electrons. The SMILES string of the molecule is COCC1=CCN(CCOc2cccc(CN)c2)CC1. The average molecular weight is 276 g/mol. The predicted octanol–water partition coefficient (Wildman–Crippen LogP) is 1.80. The van der Waals surface area contributed by atoms with Crippen molar-refractivity contribution < 1.29 is 9.47 Å². The number of nitrogens with two attached hydrogens (primary N) is 1. The lowest BCUT2D eigenvalue weighted by atomic mass is 10.1. The minimum atomic E-state index is 0.552. The molecule has 2 N–H and O–H groups in total. The Kier molecular flexibility index (Phi) is 6.05. The van der Waals surface area contributed by atoms with Crippen LogP contribution in [-0.2, 0) is 11.3 Å². The van der Waals surface area contributed by atoms with Crippen molar-refractivity contribution in [3.8, 4) is 5.75 Å². The van der Waals surface area contributed by atoms with Crippen LogP contribution in [0.15, 0.2) is 35.9 Å². The van der Waals surface area contributed by atoms with Crippen LogP contribution in [0.1, 0.15) is 12.0 Å². The van der Waals surface area contributed by atoms with E-state index in [4.69, 9.17) is 15.2 Å². The molecular formula is C16H24N2O2. The quantitative estimate of drug-likeness (QED) is 0.772. The van der Waals surface area contributed by atoms with Crippen LogP contribution in [0.2, 0.25) is 0 Å². The molecular weight excluding hydrogens is 252 g/mol. The molecule has 0 aromatic heterocycles. The highest BCUT2D eigenvalue weighted by atomic mass is 16.5. The fraction of sp³-hybridized carbons (Fsp3) is 0.500. The monoisotopic (exact) mass is 276 g/mol. The van der Waals surface area contributed by atoms with Gasteiger partial charge in [-0.3, -0.25) is 4.90 Å². The molecule has 4 heteroatoms. The van der Waals surface area contributed by atoms with Gasteiger partial charge in [-0.05, 0) is 29.7 Å². The number of ether oxygens (including phenoxy) is 2. The maximum absolute atomic E-state index is 5.78. The Hall–Kier alpha value is -1.36. The van der Waals surface area contributed by atoms with E-state index in [0.29, 0.717) is 13.2 Å². The minimum absolute atomic E-state index is 0.552. The third-order valence-electron chi connectivity index (χ3n) is 3.53. The zero-order chi connectivity index (χ0) is 14.2. The second-order valence-electron chi connectivity index (χ2n) is 5.05. The highest BCUT2D eigenvalue weighted by Gasteiger charge is 2.11. The molecule has 1 aromatic rings. The van der Waals surface area contributed by atoms with Crippen LogP contribution >= 0.6 is 0 Å². The first-order chi connectivity index (χ1) is 9.81. The summed E-state index contributed by atoms with van der Waals surface area (Å²) in [6.07, 6.45) is 3.36. The molecule has 0 aliphatic carbocycles. The average Bonchev–Trinajstić information content (AvgIpc) is 2.50. The summed E-state index contributed by atoms with van der Waals surface area (Å²) < 4.78 is 10.9. The number of methoxy groups -OCH3 is 1. The van der Waals surface area contributed by atoms with Crippen molar-refractivity contribution in [1.29, 1.82) is 0 Å². The predicted molar refractivity (Wildman–Crippen MR) is 80.8 cm³/mol. The normalized spacial score (nSPS) is 16.0. The highest BCUT2D eigenvalue weighted by Crippen LogP contribution is 2.14. The summed E-state index contributed by atoms with van der Waals surface area (Å²) in [7, 11) is 1.75. The number of benzene rings is 1. The van der Waals surface area contributed by atoms with Crippen molar-refractivity contribution in [2.24, 2.45) is 5.73 Å².